The van der Waals surface area contributed by atoms with E-state index >= 15 is 0 Å². The van der Waals surface area contributed by atoms with Crippen molar-refractivity contribution in [2.75, 3.05) is 18.1 Å². The molecule has 1 fully saturated rings. The third kappa shape index (κ3) is 3.51. The van der Waals surface area contributed by atoms with Crippen LogP contribution in [-0.2, 0) is 16.3 Å². The molecule has 0 saturated carbocycles. The molecule has 1 unspecified atom stereocenters. The van der Waals surface area contributed by atoms with Crippen molar-refractivity contribution in [2.45, 2.75) is 18.9 Å². The first-order valence-electron chi connectivity index (χ1n) is 5.74. The van der Waals surface area contributed by atoms with Crippen molar-refractivity contribution in [3.05, 3.63) is 35.6 Å². The second-order valence-electron chi connectivity index (χ2n) is 4.40. The second kappa shape index (κ2) is 5.14. The summed E-state index contributed by atoms with van der Waals surface area (Å²) >= 11 is 0. The number of halogens is 1. The molecule has 0 radical (unpaired) electrons. The van der Waals surface area contributed by atoms with Gasteiger partial charge in [-0.25, -0.2) is 12.8 Å². The van der Waals surface area contributed by atoms with Crippen molar-refractivity contribution in [2.24, 2.45) is 0 Å². The quantitative estimate of drug-likeness (QED) is 0.880. The minimum Gasteiger partial charge on any atom is -0.313 e. The number of hydrogen-bond donors (Lipinski definition) is 1. The van der Waals surface area contributed by atoms with E-state index in [4.69, 9.17) is 0 Å². The Morgan fingerprint density at radius 2 is 2.12 bits per heavy atom. The van der Waals surface area contributed by atoms with E-state index in [1.807, 2.05) is 0 Å². The molecule has 0 amide bonds. The Hall–Kier alpha value is -0.940. The van der Waals surface area contributed by atoms with Gasteiger partial charge in [0.05, 0.1) is 11.5 Å². The van der Waals surface area contributed by atoms with Crippen molar-refractivity contribution in [1.82, 2.24) is 5.32 Å². The highest BCUT2D eigenvalue weighted by Crippen LogP contribution is 2.11. The van der Waals surface area contributed by atoms with Gasteiger partial charge in [0.2, 0.25) is 0 Å². The molecule has 5 heteroatoms. The monoisotopic (exact) mass is 257 g/mol. The number of hydrogen-bond acceptors (Lipinski definition) is 3. The van der Waals surface area contributed by atoms with Gasteiger partial charge in [-0.15, -0.1) is 0 Å². The molecule has 1 heterocycles. The molecule has 0 bridgehead atoms. The Bertz CT molecular complexity index is 487. The zero-order chi connectivity index (χ0) is 12.3. The Morgan fingerprint density at radius 3 is 2.76 bits per heavy atom. The van der Waals surface area contributed by atoms with Crippen LogP contribution in [0.2, 0.25) is 0 Å². The van der Waals surface area contributed by atoms with Crippen LogP contribution in [0.5, 0.6) is 0 Å². The van der Waals surface area contributed by atoms with Crippen LogP contribution < -0.4 is 5.32 Å². The van der Waals surface area contributed by atoms with Gasteiger partial charge >= 0.3 is 0 Å². The van der Waals surface area contributed by atoms with Gasteiger partial charge in [0.25, 0.3) is 0 Å². The van der Waals surface area contributed by atoms with E-state index in [1.54, 1.807) is 18.2 Å². The third-order valence-corrected chi connectivity index (χ3v) is 4.79. The fraction of sp³-hybridized carbons (Fsp3) is 0.500. The van der Waals surface area contributed by atoms with Gasteiger partial charge in [0.1, 0.15) is 5.82 Å². The molecule has 1 aromatic carbocycles. The van der Waals surface area contributed by atoms with E-state index in [9.17, 15) is 12.8 Å². The number of sulfone groups is 1. The van der Waals surface area contributed by atoms with Crippen LogP contribution >= 0.6 is 0 Å². The van der Waals surface area contributed by atoms with Crippen molar-refractivity contribution in [3.63, 3.8) is 0 Å². The first-order chi connectivity index (χ1) is 8.07. The van der Waals surface area contributed by atoms with Crippen molar-refractivity contribution in [3.8, 4) is 0 Å². The Kier molecular flexibility index (Phi) is 3.79. The van der Waals surface area contributed by atoms with Crippen LogP contribution in [0.15, 0.2) is 24.3 Å². The fourth-order valence-corrected chi connectivity index (χ4v) is 3.78. The molecular formula is C12H16FNO2S. The van der Waals surface area contributed by atoms with Crippen molar-refractivity contribution >= 4 is 9.84 Å². The zero-order valence-corrected chi connectivity index (χ0v) is 10.3. The predicted molar refractivity (Wildman–Crippen MR) is 65.2 cm³/mol. The second-order valence-corrected chi connectivity index (χ2v) is 6.62. The summed E-state index contributed by atoms with van der Waals surface area (Å²) in [4.78, 5) is 0. The van der Waals surface area contributed by atoms with Crippen LogP contribution in [0.3, 0.4) is 0 Å². The summed E-state index contributed by atoms with van der Waals surface area (Å²) in [6, 6.07) is 6.69. The third-order valence-electron chi connectivity index (χ3n) is 3.02. The van der Waals surface area contributed by atoms with Crippen molar-refractivity contribution < 1.29 is 12.8 Å². The normalized spacial score (nSPS) is 22.8. The summed E-state index contributed by atoms with van der Waals surface area (Å²) in [5, 5.41) is 3.17. The Labute approximate surface area is 101 Å². The lowest BCUT2D eigenvalue weighted by Crippen LogP contribution is -2.31. The van der Waals surface area contributed by atoms with Gasteiger partial charge in [0, 0.05) is 6.04 Å². The Morgan fingerprint density at radius 1 is 1.35 bits per heavy atom. The maximum atomic E-state index is 13.3. The average Bonchev–Trinajstić information content (AvgIpc) is 2.61. The van der Waals surface area contributed by atoms with E-state index in [1.165, 1.54) is 6.07 Å². The molecule has 0 aliphatic carbocycles. The van der Waals surface area contributed by atoms with E-state index in [0.717, 1.165) is 0 Å². The molecule has 94 valence electrons. The summed E-state index contributed by atoms with van der Waals surface area (Å²) < 4.78 is 35.7. The van der Waals surface area contributed by atoms with Gasteiger partial charge in [-0.3, -0.25) is 0 Å². The first-order valence-corrected chi connectivity index (χ1v) is 7.56. The minimum atomic E-state index is -2.84. The summed E-state index contributed by atoms with van der Waals surface area (Å²) in [6.45, 7) is 0.612. The van der Waals surface area contributed by atoms with Crippen molar-refractivity contribution in [1.29, 1.82) is 0 Å². The summed E-state index contributed by atoms with van der Waals surface area (Å²) in [7, 11) is -2.84. The maximum Gasteiger partial charge on any atom is 0.151 e. The molecule has 3 nitrogen and oxygen atoms in total. The molecule has 1 atom stereocenters. The lowest BCUT2D eigenvalue weighted by Gasteiger charge is -2.10. The molecule has 0 aromatic heterocycles. The van der Waals surface area contributed by atoms with Gasteiger partial charge in [-0.05, 0) is 31.0 Å². The highest BCUT2D eigenvalue weighted by atomic mass is 32.2. The highest BCUT2D eigenvalue weighted by Gasteiger charge is 2.26. The SMILES string of the molecule is O=S1(=O)CCC(NCCc2ccccc2F)C1. The molecule has 2 rings (SSSR count). The molecular weight excluding hydrogens is 241 g/mol. The van der Waals surface area contributed by atoms with E-state index in [0.29, 0.717) is 24.9 Å². The van der Waals surface area contributed by atoms with Crippen LogP contribution in [0.4, 0.5) is 4.39 Å². The number of benzene rings is 1. The van der Waals surface area contributed by atoms with Crippen LogP contribution in [0.1, 0.15) is 12.0 Å². The average molecular weight is 257 g/mol. The van der Waals surface area contributed by atoms with Crippen LogP contribution in [0.25, 0.3) is 0 Å². The van der Waals surface area contributed by atoms with E-state index < -0.39 is 9.84 Å². The molecule has 1 N–H and O–H groups in total. The lowest BCUT2D eigenvalue weighted by atomic mass is 10.1. The summed E-state index contributed by atoms with van der Waals surface area (Å²) in [5.74, 6) is 0.280. The van der Waals surface area contributed by atoms with Gasteiger partial charge in [0.15, 0.2) is 9.84 Å². The Balaban J connectivity index is 1.79. The van der Waals surface area contributed by atoms with E-state index in [-0.39, 0.29) is 23.4 Å². The van der Waals surface area contributed by atoms with Gasteiger partial charge in [-0.1, -0.05) is 18.2 Å². The smallest absolute Gasteiger partial charge is 0.151 e. The topological polar surface area (TPSA) is 46.2 Å². The molecule has 1 aromatic rings. The zero-order valence-electron chi connectivity index (χ0n) is 9.52. The lowest BCUT2D eigenvalue weighted by molar-refractivity contribution is 0.545. The molecule has 1 aliphatic heterocycles. The van der Waals surface area contributed by atoms with Crippen LogP contribution in [-0.4, -0.2) is 32.5 Å². The predicted octanol–water partition coefficient (Wildman–Crippen LogP) is 1.14. The van der Waals surface area contributed by atoms with E-state index in [2.05, 4.69) is 5.32 Å². The van der Waals surface area contributed by atoms with Gasteiger partial charge < -0.3 is 5.32 Å². The maximum absolute atomic E-state index is 13.3. The molecule has 1 aliphatic rings. The first kappa shape index (κ1) is 12.5. The number of nitrogens with one attached hydrogen (secondary N) is 1. The summed E-state index contributed by atoms with van der Waals surface area (Å²) in [6.07, 6.45) is 1.25. The molecule has 0 spiro atoms. The largest absolute Gasteiger partial charge is 0.313 e. The molecule has 17 heavy (non-hydrogen) atoms. The fourth-order valence-electron chi connectivity index (χ4n) is 2.07. The van der Waals surface area contributed by atoms with Gasteiger partial charge in [-0.2, -0.15) is 0 Å². The minimum absolute atomic E-state index is 0.0340. The number of rotatable bonds is 4. The molecule has 1 saturated heterocycles. The standard InChI is InChI=1S/C12H16FNO2S/c13-12-4-2-1-3-10(12)5-7-14-11-6-8-17(15,16)9-11/h1-4,11,14H,5-9H2. The van der Waals surface area contributed by atoms with Crippen LogP contribution in [0, 0.1) is 5.82 Å². The highest BCUT2D eigenvalue weighted by molar-refractivity contribution is 7.91. The summed E-state index contributed by atoms with van der Waals surface area (Å²) in [5.41, 5.74) is 0.667.